The normalized spacial score (nSPS) is 15.2. The second-order valence-electron chi connectivity index (χ2n) is 9.85. The first-order valence-corrected chi connectivity index (χ1v) is 12.3. The Kier molecular flexibility index (Phi) is 7.40. The Morgan fingerprint density at radius 1 is 0.917 bits per heavy atom. The molecule has 1 aromatic heterocycles. The number of phenolic OH excluding ortho intramolecular Hbond substituents is 1. The number of aromatic nitrogens is 1. The molecule has 0 aliphatic carbocycles. The van der Waals surface area contributed by atoms with E-state index in [0.717, 1.165) is 41.0 Å². The number of pyridine rings is 1. The highest BCUT2D eigenvalue weighted by atomic mass is 16.3. The number of fused-ring (bicyclic) bond motifs is 1. The van der Waals surface area contributed by atoms with Gasteiger partial charge in [0.25, 0.3) is 0 Å². The lowest BCUT2D eigenvalue weighted by molar-refractivity contribution is -0.137. The van der Waals surface area contributed by atoms with Gasteiger partial charge < -0.3 is 14.9 Å². The molecule has 188 valence electrons. The summed E-state index contributed by atoms with van der Waals surface area (Å²) < 4.78 is 0. The largest absolute Gasteiger partial charge is 0.508 e. The van der Waals surface area contributed by atoms with E-state index in [4.69, 9.17) is 0 Å². The quantitative estimate of drug-likeness (QED) is 0.478. The average molecular weight is 487 g/mol. The molecule has 0 atom stereocenters. The number of nitrogens with zero attached hydrogens (tertiary/aromatic N) is 4. The summed E-state index contributed by atoms with van der Waals surface area (Å²) >= 11 is 0. The van der Waals surface area contributed by atoms with Crippen LogP contribution in [-0.2, 0) is 29.1 Å². The number of phenols is 1. The molecule has 36 heavy (non-hydrogen) atoms. The lowest BCUT2D eigenvalue weighted by Gasteiger charge is -2.27. The third-order valence-corrected chi connectivity index (χ3v) is 6.79. The van der Waals surface area contributed by atoms with Crippen LogP contribution < -0.4 is 9.80 Å². The highest BCUT2D eigenvalue weighted by molar-refractivity contribution is 6.19. The summed E-state index contributed by atoms with van der Waals surface area (Å²) in [5.41, 5.74) is 3.58. The minimum Gasteiger partial charge on any atom is -0.508 e. The molecule has 2 heterocycles. The molecule has 0 fully saturated rings. The van der Waals surface area contributed by atoms with E-state index in [0.29, 0.717) is 19.6 Å². The van der Waals surface area contributed by atoms with Crippen LogP contribution in [0.4, 0.5) is 11.4 Å². The molecule has 1 aliphatic rings. The summed E-state index contributed by atoms with van der Waals surface area (Å²) in [6, 6.07) is 17.3. The summed E-state index contributed by atoms with van der Waals surface area (Å²) in [6.07, 6.45) is 4.49. The number of anilines is 2. The molecule has 0 saturated carbocycles. The molecule has 0 unspecified atom stereocenters. The van der Waals surface area contributed by atoms with Crippen LogP contribution in [0.2, 0.25) is 0 Å². The van der Waals surface area contributed by atoms with Crippen LogP contribution in [0.3, 0.4) is 0 Å². The van der Waals surface area contributed by atoms with Crippen LogP contribution in [0.5, 0.6) is 5.75 Å². The van der Waals surface area contributed by atoms with Gasteiger partial charge >= 0.3 is 0 Å². The van der Waals surface area contributed by atoms with Crippen molar-refractivity contribution in [2.75, 3.05) is 29.9 Å². The third-order valence-electron chi connectivity index (χ3n) is 6.79. The van der Waals surface area contributed by atoms with Crippen molar-refractivity contribution in [1.29, 1.82) is 0 Å². The lowest BCUT2D eigenvalue weighted by atomic mass is 9.90. The van der Waals surface area contributed by atoms with Gasteiger partial charge in [0.1, 0.15) is 11.2 Å². The Hall–Kier alpha value is -3.71. The van der Waals surface area contributed by atoms with Crippen molar-refractivity contribution in [3.63, 3.8) is 0 Å². The first-order chi connectivity index (χ1) is 17.2. The summed E-state index contributed by atoms with van der Waals surface area (Å²) in [6.45, 7) is 7.90. The molecule has 3 aromatic rings. The van der Waals surface area contributed by atoms with E-state index in [1.807, 2.05) is 49.5 Å². The molecular weight excluding hydrogens is 452 g/mol. The molecule has 7 nitrogen and oxygen atoms in total. The van der Waals surface area contributed by atoms with Crippen LogP contribution in [0.25, 0.3) is 0 Å². The fourth-order valence-corrected chi connectivity index (χ4v) is 4.76. The monoisotopic (exact) mass is 486 g/mol. The highest BCUT2D eigenvalue weighted by Crippen LogP contribution is 2.39. The predicted molar refractivity (Wildman–Crippen MR) is 142 cm³/mol. The predicted octanol–water partition coefficient (Wildman–Crippen LogP) is 4.39. The Balaban J connectivity index is 1.64. The van der Waals surface area contributed by atoms with E-state index in [9.17, 15) is 14.7 Å². The molecule has 0 spiro atoms. The van der Waals surface area contributed by atoms with Gasteiger partial charge in [0.15, 0.2) is 0 Å². The Bertz CT molecular complexity index is 1240. The number of hydrogen-bond donors (Lipinski definition) is 1. The van der Waals surface area contributed by atoms with Crippen LogP contribution >= 0.6 is 0 Å². The van der Waals surface area contributed by atoms with Crippen molar-refractivity contribution < 1.29 is 14.7 Å². The van der Waals surface area contributed by atoms with Crippen LogP contribution in [0.15, 0.2) is 67.0 Å². The Morgan fingerprint density at radius 3 is 2.31 bits per heavy atom. The Morgan fingerprint density at radius 2 is 1.64 bits per heavy atom. The Labute approximate surface area is 213 Å². The maximum atomic E-state index is 13.2. The van der Waals surface area contributed by atoms with Gasteiger partial charge in [-0.05, 0) is 74.2 Å². The third kappa shape index (κ3) is 5.26. The second kappa shape index (κ2) is 10.5. The topological polar surface area (TPSA) is 77.0 Å². The van der Waals surface area contributed by atoms with E-state index in [1.165, 1.54) is 0 Å². The standard InChI is InChI=1S/C29H34N4O3/c1-5-33-25-12-11-23(17-26(25)31(4)27(35)29(2,3)28(33)36)20-32(15-13-21-9-7-14-30-18-21)19-22-8-6-10-24(34)16-22/h6-12,14,16-18,34H,5,13,15,19-20H2,1-4H3. The fraction of sp³-hybridized carbons (Fsp3) is 0.345. The molecule has 1 N–H and O–H groups in total. The first kappa shape index (κ1) is 25.4. The van der Waals surface area contributed by atoms with Gasteiger partial charge in [-0.2, -0.15) is 0 Å². The van der Waals surface area contributed by atoms with Gasteiger partial charge in [-0.15, -0.1) is 0 Å². The van der Waals surface area contributed by atoms with Crippen molar-refractivity contribution in [3.8, 4) is 5.75 Å². The van der Waals surface area contributed by atoms with E-state index in [1.54, 1.807) is 49.0 Å². The molecule has 0 radical (unpaired) electrons. The first-order valence-electron chi connectivity index (χ1n) is 12.3. The zero-order valence-corrected chi connectivity index (χ0v) is 21.4. The molecule has 1 aliphatic heterocycles. The molecular formula is C29H34N4O3. The van der Waals surface area contributed by atoms with Gasteiger partial charge in [0.05, 0.1) is 11.4 Å². The van der Waals surface area contributed by atoms with E-state index >= 15 is 0 Å². The van der Waals surface area contributed by atoms with Crippen molar-refractivity contribution in [3.05, 3.63) is 83.7 Å². The summed E-state index contributed by atoms with van der Waals surface area (Å²) in [5.74, 6) is -0.151. The molecule has 2 amide bonds. The highest BCUT2D eigenvalue weighted by Gasteiger charge is 2.45. The number of carbonyl (C=O) groups is 2. The zero-order valence-electron chi connectivity index (χ0n) is 21.4. The molecule has 0 saturated heterocycles. The number of rotatable bonds is 8. The van der Waals surface area contributed by atoms with Crippen molar-refractivity contribution >= 4 is 23.2 Å². The molecule has 7 heteroatoms. The van der Waals surface area contributed by atoms with Crippen molar-refractivity contribution in [2.24, 2.45) is 5.41 Å². The molecule has 4 rings (SSSR count). The zero-order chi connectivity index (χ0) is 25.9. The van der Waals surface area contributed by atoms with Gasteiger partial charge in [0.2, 0.25) is 11.8 Å². The van der Waals surface area contributed by atoms with E-state index in [2.05, 4.69) is 16.0 Å². The minimum absolute atomic E-state index is 0.185. The van der Waals surface area contributed by atoms with Gasteiger partial charge in [0, 0.05) is 45.6 Å². The maximum absolute atomic E-state index is 13.2. The number of aromatic hydroxyl groups is 1. The van der Waals surface area contributed by atoms with Crippen LogP contribution in [0.1, 0.15) is 37.5 Å². The number of carbonyl (C=O) groups excluding carboxylic acids is 2. The molecule has 2 aromatic carbocycles. The van der Waals surface area contributed by atoms with Crippen LogP contribution in [0, 0.1) is 5.41 Å². The van der Waals surface area contributed by atoms with Gasteiger partial charge in [-0.3, -0.25) is 19.5 Å². The van der Waals surface area contributed by atoms with Gasteiger partial charge in [-0.1, -0.05) is 24.3 Å². The summed E-state index contributed by atoms with van der Waals surface area (Å²) in [4.78, 5) is 36.2. The second-order valence-corrected chi connectivity index (χ2v) is 9.85. The maximum Gasteiger partial charge on any atom is 0.242 e. The number of amides is 2. The van der Waals surface area contributed by atoms with E-state index < -0.39 is 5.41 Å². The number of benzene rings is 2. The fourth-order valence-electron chi connectivity index (χ4n) is 4.76. The minimum atomic E-state index is -1.13. The SMILES string of the molecule is CCN1C(=O)C(C)(C)C(=O)N(C)c2cc(CN(CCc3cccnc3)Cc3cccc(O)c3)ccc21. The smallest absolute Gasteiger partial charge is 0.242 e. The summed E-state index contributed by atoms with van der Waals surface area (Å²) in [7, 11) is 1.74. The number of hydrogen-bond acceptors (Lipinski definition) is 5. The van der Waals surface area contributed by atoms with Gasteiger partial charge in [-0.25, -0.2) is 0 Å². The van der Waals surface area contributed by atoms with E-state index in [-0.39, 0.29) is 17.6 Å². The van der Waals surface area contributed by atoms with Crippen molar-refractivity contribution in [2.45, 2.75) is 40.3 Å². The summed E-state index contributed by atoms with van der Waals surface area (Å²) in [5, 5.41) is 9.95. The lowest BCUT2D eigenvalue weighted by Crippen LogP contribution is -2.47. The van der Waals surface area contributed by atoms with Crippen LogP contribution in [-0.4, -0.2) is 46.9 Å². The average Bonchev–Trinajstić information content (AvgIpc) is 2.92. The molecule has 0 bridgehead atoms. The van der Waals surface area contributed by atoms with Crippen molar-refractivity contribution in [1.82, 2.24) is 9.88 Å².